The van der Waals surface area contributed by atoms with E-state index in [9.17, 15) is 8.42 Å². The first-order valence-electron chi connectivity index (χ1n) is 6.19. The van der Waals surface area contributed by atoms with Crippen LogP contribution in [-0.4, -0.2) is 13.4 Å². The van der Waals surface area contributed by atoms with Gasteiger partial charge in [0, 0.05) is 11.9 Å². The van der Waals surface area contributed by atoms with Crippen LogP contribution in [0.25, 0.3) is 0 Å². The van der Waals surface area contributed by atoms with Crippen LogP contribution < -0.4 is 10.5 Å². The van der Waals surface area contributed by atoms with E-state index in [-0.39, 0.29) is 4.90 Å². The summed E-state index contributed by atoms with van der Waals surface area (Å²) in [5.41, 5.74) is 7.59. The Morgan fingerprint density at radius 1 is 1.25 bits per heavy atom. The molecule has 0 saturated carbocycles. The predicted octanol–water partition coefficient (Wildman–Crippen LogP) is 2.01. The number of hydrogen-bond acceptors (Lipinski definition) is 4. The zero-order valence-electron chi connectivity index (χ0n) is 11.4. The Hall–Kier alpha value is -1.92. The molecule has 20 heavy (non-hydrogen) atoms. The molecule has 3 N–H and O–H groups in total. The standard InChI is InChI=1S/C14H17N3O2S/c1-10-7-12(15)9-13(8-10)20(18,19)17-11(2)14-5-3-4-6-16-14/h3-9,11,17H,15H2,1-2H3. The number of nitrogen functional groups attached to an aromatic ring is 1. The van der Waals surface area contributed by atoms with Crippen LogP contribution in [0.4, 0.5) is 5.69 Å². The van der Waals surface area contributed by atoms with Crippen molar-refractivity contribution in [3.05, 3.63) is 53.9 Å². The minimum atomic E-state index is -3.62. The van der Waals surface area contributed by atoms with Gasteiger partial charge >= 0.3 is 0 Å². The molecule has 0 aliphatic carbocycles. The van der Waals surface area contributed by atoms with Crippen LogP contribution >= 0.6 is 0 Å². The highest BCUT2D eigenvalue weighted by Crippen LogP contribution is 2.19. The number of nitrogens with two attached hydrogens (primary N) is 1. The van der Waals surface area contributed by atoms with Gasteiger partial charge in [0.15, 0.2) is 0 Å². The molecule has 2 aromatic rings. The number of hydrogen-bond donors (Lipinski definition) is 2. The maximum absolute atomic E-state index is 12.3. The number of aromatic nitrogens is 1. The number of rotatable bonds is 4. The number of pyridine rings is 1. The molecular weight excluding hydrogens is 274 g/mol. The third-order valence-corrected chi connectivity index (χ3v) is 4.37. The Morgan fingerprint density at radius 2 is 2.00 bits per heavy atom. The van der Waals surface area contributed by atoms with Crippen molar-refractivity contribution in [3.63, 3.8) is 0 Å². The normalized spacial score (nSPS) is 13.1. The van der Waals surface area contributed by atoms with Gasteiger partial charge in [-0.15, -0.1) is 0 Å². The Morgan fingerprint density at radius 3 is 2.60 bits per heavy atom. The first-order valence-corrected chi connectivity index (χ1v) is 7.67. The molecule has 5 nitrogen and oxygen atoms in total. The van der Waals surface area contributed by atoms with Gasteiger partial charge in [-0.1, -0.05) is 6.07 Å². The molecular formula is C14H17N3O2S. The van der Waals surface area contributed by atoms with Gasteiger partial charge < -0.3 is 5.73 Å². The van der Waals surface area contributed by atoms with Crippen LogP contribution in [-0.2, 0) is 10.0 Å². The number of nitrogens with zero attached hydrogens (tertiary/aromatic N) is 1. The summed E-state index contributed by atoms with van der Waals surface area (Å²) < 4.78 is 27.2. The van der Waals surface area contributed by atoms with Gasteiger partial charge in [0.2, 0.25) is 10.0 Å². The average Bonchev–Trinajstić information content (AvgIpc) is 2.38. The van der Waals surface area contributed by atoms with Crippen molar-refractivity contribution in [1.82, 2.24) is 9.71 Å². The summed E-state index contributed by atoms with van der Waals surface area (Å²) in [4.78, 5) is 4.30. The number of aryl methyl sites for hydroxylation is 1. The van der Waals surface area contributed by atoms with E-state index in [0.717, 1.165) is 5.56 Å². The average molecular weight is 291 g/mol. The summed E-state index contributed by atoms with van der Waals surface area (Å²) in [6, 6.07) is 9.72. The number of sulfonamides is 1. The van der Waals surface area contributed by atoms with Crippen molar-refractivity contribution in [1.29, 1.82) is 0 Å². The van der Waals surface area contributed by atoms with Crippen LogP contribution in [0.1, 0.15) is 24.2 Å². The van der Waals surface area contributed by atoms with E-state index in [4.69, 9.17) is 5.73 Å². The smallest absolute Gasteiger partial charge is 0.241 e. The molecule has 1 unspecified atom stereocenters. The molecule has 0 bridgehead atoms. The van der Waals surface area contributed by atoms with Gasteiger partial charge in [0.25, 0.3) is 0 Å². The maximum Gasteiger partial charge on any atom is 0.241 e. The summed E-state index contributed by atoms with van der Waals surface area (Å²) >= 11 is 0. The van der Waals surface area contributed by atoms with Crippen molar-refractivity contribution >= 4 is 15.7 Å². The summed E-state index contributed by atoms with van der Waals surface area (Å²) in [5.74, 6) is 0. The minimum Gasteiger partial charge on any atom is -0.399 e. The lowest BCUT2D eigenvalue weighted by molar-refractivity contribution is 0.564. The van der Waals surface area contributed by atoms with Gasteiger partial charge in [0.1, 0.15) is 0 Å². The number of benzene rings is 1. The maximum atomic E-state index is 12.3. The Kier molecular flexibility index (Phi) is 4.06. The minimum absolute atomic E-state index is 0.165. The van der Waals surface area contributed by atoms with Crippen molar-refractivity contribution in [3.8, 4) is 0 Å². The first kappa shape index (κ1) is 14.5. The van der Waals surface area contributed by atoms with Crippen molar-refractivity contribution in [2.45, 2.75) is 24.8 Å². The molecule has 1 aromatic carbocycles. The van der Waals surface area contributed by atoms with Crippen LogP contribution in [0.2, 0.25) is 0 Å². The fourth-order valence-electron chi connectivity index (χ4n) is 1.92. The SMILES string of the molecule is Cc1cc(N)cc(S(=O)(=O)NC(C)c2ccccn2)c1. The zero-order chi connectivity index (χ0) is 14.8. The van der Waals surface area contributed by atoms with E-state index in [2.05, 4.69) is 9.71 Å². The molecule has 0 aliphatic rings. The van der Waals surface area contributed by atoms with Crippen LogP contribution in [0.3, 0.4) is 0 Å². The molecule has 0 saturated heterocycles. The lowest BCUT2D eigenvalue weighted by Gasteiger charge is -2.14. The molecule has 0 amide bonds. The lowest BCUT2D eigenvalue weighted by Crippen LogP contribution is -2.27. The Bertz CT molecular complexity index is 679. The lowest BCUT2D eigenvalue weighted by atomic mass is 10.2. The van der Waals surface area contributed by atoms with Gasteiger partial charge in [-0.2, -0.15) is 0 Å². The first-order chi connectivity index (χ1) is 9.38. The third-order valence-electron chi connectivity index (χ3n) is 2.85. The van der Waals surface area contributed by atoms with Crippen molar-refractivity contribution in [2.75, 3.05) is 5.73 Å². The Labute approximate surface area is 118 Å². The van der Waals surface area contributed by atoms with E-state index in [1.54, 1.807) is 44.3 Å². The second-order valence-electron chi connectivity index (χ2n) is 4.68. The molecule has 1 aromatic heterocycles. The van der Waals surface area contributed by atoms with Gasteiger partial charge in [-0.05, 0) is 49.7 Å². The van der Waals surface area contributed by atoms with E-state index in [1.807, 2.05) is 6.07 Å². The number of nitrogens with one attached hydrogen (secondary N) is 1. The summed E-state index contributed by atoms with van der Waals surface area (Å²) in [7, 11) is -3.62. The molecule has 0 radical (unpaired) electrons. The zero-order valence-corrected chi connectivity index (χ0v) is 12.2. The molecule has 2 rings (SSSR count). The highest BCUT2D eigenvalue weighted by Gasteiger charge is 2.19. The second-order valence-corrected chi connectivity index (χ2v) is 6.39. The van der Waals surface area contributed by atoms with Crippen LogP contribution in [0, 0.1) is 6.92 Å². The molecule has 1 atom stereocenters. The fraction of sp³-hybridized carbons (Fsp3) is 0.214. The van der Waals surface area contributed by atoms with Crippen molar-refractivity contribution < 1.29 is 8.42 Å². The highest BCUT2D eigenvalue weighted by molar-refractivity contribution is 7.89. The fourth-order valence-corrected chi connectivity index (χ4v) is 3.28. The molecule has 0 fully saturated rings. The predicted molar refractivity (Wildman–Crippen MR) is 78.6 cm³/mol. The van der Waals surface area contributed by atoms with E-state index in [0.29, 0.717) is 11.4 Å². The van der Waals surface area contributed by atoms with Crippen molar-refractivity contribution in [2.24, 2.45) is 0 Å². The van der Waals surface area contributed by atoms with E-state index in [1.165, 1.54) is 6.07 Å². The summed E-state index contributed by atoms with van der Waals surface area (Å²) in [5, 5.41) is 0. The quantitative estimate of drug-likeness (QED) is 0.844. The summed E-state index contributed by atoms with van der Waals surface area (Å²) in [6.45, 7) is 3.55. The van der Waals surface area contributed by atoms with Gasteiger partial charge in [-0.3, -0.25) is 4.98 Å². The molecule has 106 valence electrons. The van der Waals surface area contributed by atoms with Crippen LogP contribution in [0.5, 0.6) is 0 Å². The highest BCUT2D eigenvalue weighted by atomic mass is 32.2. The largest absolute Gasteiger partial charge is 0.399 e. The number of anilines is 1. The third kappa shape index (κ3) is 3.34. The molecule has 0 spiro atoms. The van der Waals surface area contributed by atoms with E-state index >= 15 is 0 Å². The van der Waals surface area contributed by atoms with Crippen LogP contribution in [0.15, 0.2) is 47.5 Å². The Balaban J connectivity index is 2.27. The second kappa shape index (κ2) is 5.60. The molecule has 1 heterocycles. The topological polar surface area (TPSA) is 85.1 Å². The molecule has 6 heteroatoms. The van der Waals surface area contributed by atoms with Gasteiger partial charge in [-0.25, -0.2) is 13.1 Å². The summed E-state index contributed by atoms with van der Waals surface area (Å²) in [6.07, 6.45) is 1.63. The monoisotopic (exact) mass is 291 g/mol. The van der Waals surface area contributed by atoms with E-state index < -0.39 is 16.1 Å². The van der Waals surface area contributed by atoms with Gasteiger partial charge in [0.05, 0.1) is 16.6 Å². The molecule has 0 aliphatic heterocycles.